The predicted octanol–water partition coefficient (Wildman–Crippen LogP) is 1.99. The third-order valence-corrected chi connectivity index (χ3v) is 0.794. The molecule has 0 bridgehead atoms. The van der Waals surface area contributed by atoms with E-state index in [2.05, 4.69) is 24.7 Å². The van der Waals surface area contributed by atoms with Gasteiger partial charge < -0.3 is 0 Å². The molecule has 9 heavy (non-hydrogen) atoms. The topological polar surface area (TPSA) is 12.4 Å². The summed E-state index contributed by atoms with van der Waals surface area (Å²) in [6, 6.07) is 0. The summed E-state index contributed by atoms with van der Waals surface area (Å²) in [5.74, 6) is 0. The summed E-state index contributed by atoms with van der Waals surface area (Å²) in [5.41, 5.74) is 0.924. The second kappa shape index (κ2) is 5.04. The van der Waals surface area contributed by atoms with E-state index >= 15 is 0 Å². The Bertz CT molecular complexity index is 143. The van der Waals surface area contributed by atoms with Crippen molar-refractivity contribution in [2.45, 2.75) is 0 Å². The van der Waals surface area contributed by atoms with Gasteiger partial charge in [-0.3, -0.25) is 4.99 Å². The molecular weight excluding hydrogens is 110 g/mol. The minimum atomic E-state index is 0.621. The first-order valence-corrected chi connectivity index (χ1v) is 2.72. The van der Waals surface area contributed by atoms with E-state index in [0.717, 1.165) is 5.57 Å². The van der Waals surface area contributed by atoms with Crippen LogP contribution in [0.5, 0.6) is 0 Å². The monoisotopic (exact) mass is 121 g/mol. The summed E-state index contributed by atoms with van der Waals surface area (Å²) in [5, 5.41) is 0. The lowest BCUT2D eigenvalue weighted by molar-refractivity contribution is 1.20. The highest BCUT2D eigenvalue weighted by Crippen LogP contribution is 1.89. The molecule has 0 aromatic heterocycles. The Morgan fingerprint density at radius 1 is 1.44 bits per heavy atom. The molecule has 0 saturated heterocycles. The average molecular weight is 121 g/mol. The van der Waals surface area contributed by atoms with E-state index in [1.165, 1.54) is 0 Å². The summed E-state index contributed by atoms with van der Waals surface area (Å²) in [6.07, 6.45) is 4.98. The van der Waals surface area contributed by atoms with Gasteiger partial charge in [-0.2, -0.15) is 0 Å². The van der Waals surface area contributed by atoms with Crippen molar-refractivity contribution in [1.82, 2.24) is 0 Å². The van der Waals surface area contributed by atoms with Crippen molar-refractivity contribution in [3.8, 4) is 0 Å². The van der Waals surface area contributed by atoms with Gasteiger partial charge in [0.05, 0.1) is 6.54 Å². The third kappa shape index (κ3) is 4.75. The standard InChI is InChI=1S/C8H11N/c1-4-6-9-7-8(3)5-2/h4-6H,1-3,7H2/b9-6-. The minimum absolute atomic E-state index is 0.621. The lowest BCUT2D eigenvalue weighted by atomic mass is 10.3. The SMILES string of the molecule is C=C/C=N\CC(=C)C=C. The third-order valence-electron chi connectivity index (χ3n) is 0.794. The van der Waals surface area contributed by atoms with Crippen LogP contribution in [0.4, 0.5) is 0 Å². The highest BCUT2D eigenvalue weighted by atomic mass is 14.7. The summed E-state index contributed by atoms with van der Waals surface area (Å²) in [4.78, 5) is 3.95. The smallest absolute Gasteiger partial charge is 0.0633 e. The summed E-state index contributed by atoms with van der Waals surface area (Å²) >= 11 is 0. The van der Waals surface area contributed by atoms with Crippen molar-refractivity contribution in [2.24, 2.45) is 4.99 Å². The number of aliphatic imine (C=N–C) groups is 1. The Morgan fingerprint density at radius 3 is 2.56 bits per heavy atom. The van der Waals surface area contributed by atoms with Crippen molar-refractivity contribution in [2.75, 3.05) is 6.54 Å². The number of hydrogen-bond acceptors (Lipinski definition) is 1. The zero-order valence-electron chi connectivity index (χ0n) is 5.51. The van der Waals surface area contributed by atoms with Gasteiger partial charge in [0, 0.05) is 6.21 Å². The second-order valence-electron chi connectivity index (χ2n) is 1.59. The maximum atomic E-state index is 3.95. The van der Waals surface area contributed by atoms with Gasteiger partial charge in [-0.1, -0.05) is 31.9 Å². The average Bonchev–Trinajstić information content (AvgIpc) is 1.89. The Labute approximate surface area is 56.1 Å². The van der Waals surface area contributed by atoms with Crippen LogP contribution < -0.4 is 0 Å². The first-order chi connectivity index (χ1) is 4.31. The zero-order chi connectivity index (χ0) is 7.11. The quantitative estimate of drug-likeness (QED) is 0.398. The molecule has 1 nitrogen and oxygen atoms in total. The molecule has 0 aromatic rings. The highest BCUT2D eigenvalue weighted by Gasteiger charge is 1.78. The number of hydrogen-bond donors (Lipinski definition) is 0. The molecule has 0 fully saturated rings. The number of rotatable bonds is 4. The minimum Gasteiger partial charge on any atom is -0.288 e. The number of allylic oxidation sites excluding steroid dienone is 1. The van der Waals surface area contributed by atoms with Gasteiger partial charge in [-0.15, -0.1) is 0 Å². The molecule has 0 amide bonds. The summed E-state index contributed by atoms with van der Waals surface area (Å²) < 4.78 is 0. The molecule has 0 unspecified atom stereocenters. The van der Waals surface area contributed by atoms with Crippen molar-refractivity contribution < 1.29 is 0 Å². The van der Waals surface area contributed by atoms with Crippen LogP contribution >= 0.6 is 0 Å². The van der Waals surface area contributed by atoms with Gasteiger partial charge in [0.25, 0.3) is 0 Å². The van der Waals surface area contributed by atoms with Gasteiger partial charge in [-0.05, 0) is 5.57 Å². The highest BCUT2D eigenvalue weighted by molar-refractivity contribution is 5.70. The van der Waals surface area contributed by atoms with Gasteiger partial charge in [-0.25, -0.2) is 0 Å². The lowest BCUT2D eigenvalue weighted by Crippen LogP contribution is -1.80. The Balaban J connectivity index is 3.49. The molecule has 0 spiro atoms. The number of nitrogens with zero attached hydrogens (tertiary/aromatic N) is 1. The molecule has 0 aromatic carbocycles. The molecule has 48 valence electrons. The van der Waals surface area contributed by atoms with Gasteiger partial charge in [0.1, 0.15) is 0 Å². The molecule has 1 heteroatoms. The molecule has 0 aliphatic heterocycles. The molecule has 0 rings (SSSR count). The molecular formula is C8H11N. The zero-order valence-corrected chi connectivity index (χ0v) is 5.51. The first-order valence-electron chi connectivity index (χ1n) is 2.72. The normalized spacial score (nSPS) is 9.33. The predicted molar refractivity (Wildman–Crippen MR) is 42.9 cm³/mol. The van der Waals surface area contributed by atoms with Crippen molar-refractivity contribution in [1.29, 1.82) is 0 Å². The molecule has 0 aliphatic rings. The first kappa shape index (κ1) is 7.89. The van der Waals surface area contributed by atoms with E-state index in [1.54, 1.807) is 18.4 Å². The molecule has 0 radical (unpaired) electrons. The Kier molecular flexibility index (Phi) is 4.41. The Morgan fingerprint density at radius 2 is 2.11 bits per heavy atom. The second-order valence-corrected chi connectivity index (χ2v) is 1.59. The summed E-state index contributed by atoms with van der Waals surface area (Å²) in [6.45, 7) is 11.3. The molecule has 0 heterocycles. The lowest BCUT2D eigenvalue weighted by Gasteiger charge is -1.88. The van der Waals surface area contributed by atoms with Gasteiger partial charge in [0.2, 0.25) is 0 Å². The van der Waals surface area contributed by atoms with E-state index < -0.39 is 0 Å². The van der Waals surface area contributed by atoms with Crippen LogP contribution in [0, 0.1) is 0 Å². The van der Waals surface area contributed by atoms with Crippen molar-refractivity contribution in [3.05, 3.63) is 37.5 Å². The maximum absolute atomic E-state index is 3.95. The van der Waals surface area contributed by atoms with Gasteiger partial charge >= 0.3 is 0 Å². The van der Waals surface area contributed by atoms with Crippen LogP contribution in [0.3, 0.4) is 0 Å². The van der Waals surface area contributed by atoms with Crippen LogP contribution in [0.2, 0.25) is 0 Å². The molecule has 0 atom stereocenters. The van der Waals surface area contributed by atoms with E-state index in [0.29, 0.717) is 6.54 Å². The van der Waals surface area contributed by atoms with Crippen LogP contribution in [0.25, 0.3) is 0 Å². The largest absolute Gasteiger partial charge is 0.288 e. The van der Waals surface area contributed by atoms with Crippen LogP contribution in [-0.2, 0) is 0 Å². The Hall–Kier alpha value is -1.11. The van der Waals surface area contributed by atoms with Crippen LogP contribution in [0.15, 0.2) is 42.5 Å². The van der Waals surface area contributed by atoms with Crippen molar-refractivity contribution >= 4 is 6.21 Å². The van der Waals surface area contributed by atoms with Crippen molar-refractivity contribution in [3.63, 3.8) is 0 Å². The maximum Gasteiger partial charge on any atom is 0.0633 e. The van der Waals surface area contributed by atoms with E-state index in [4.69, 9.17) is 0 Å². The fraction of sp³-hybridized carbons (Fsp3) is 0.125. The van der Waals surface area contributed by atoms with E-state index in [9.17, 15) is 0 Å². The molecule has 0 saturated carbocycles. The van der Waals surface area contributed by atoms with Gasteiger partial charge in [0.15, 0.2) is 0 Å². The molecule has 0 aliphatic carbocycles. The van der Waals surface area contributed by atoms with Crippen LogP contribution in [-0.4, -0.2) is 12.8 Å². The van der Waals surface area contributed by atoms with E-state index in [-0.39, 0.29) is 0 Å². The fourth-order valence-electron chi connectivity index (χ4n) is 0.309. The fourth-order valence-corrected chi connectivity index (χ4v) is 0.309. The molecule has 0 N–H and O–H groups in total. The van der Waals surface area contributed by atoms with E-state index in [1.807, 2.05) is 0 Å². The van der Waals surface area contributed by atoms with Crippen LogP contribution in [0.1, 0.15) is 0 Å². The summed E-state index contributed by atoms with van der Waals surface area (Å²) in [7, 11) is 0.